The van der Waals surface area contributed by atoms with E-state index in [9.17, 15) is 9.90 Å². The molecule has 0 aromatic heterocycles. The zero-order chi connectivity index (χ0) is 17.9. The Labute approximate surface area is 153 Å². The smallest absolute Gasteiger partial charge is 0.317 e. The SMILES string of the molecule is O=C(NC1CCCOc2ccccc21)N1CCC(c2ccc(O)cc2)C1. The second kappa shape index (κ2) is 7.28. The summed E-state index contributed by atoms with van der Waals surface area (Å²) in [4.78, 5) is 14.7. The minimum atomic E-state index is -0.00650. The highest BCUT2D eigenvalue weighted by atomic mass is 16.5. The lowest BCUT2D eigenvalue weighted by Gasteiger charge is -2.23. The van der Waals surface area contributed by atoms with Gasteiger partial charge in [0, 0.05) is 24.6 Å². The molecule has 0 spiro atoms. The number of nitrogens with one attached hydrogen (secondary N) is 1. The van der Waals surface area contributed by atoms with Crippen molar-refractivity contribution in [2.24, 2.45) is 0 Å². The summed E-state index contributed by atoms with van der Waals surface area (Å²) in [6, 6.07) is 15.3. The molecule has 2 heterocycles. The summed E-state index contributed by atoms with van der Waals surface area (Å²) in [7, 11) is 0. The molecule has 2 aromatic carbocycles. The molecule has 1 saturated heterocycles. The number of ether oxygens (including phenoxy) is 1. The summed E-state index contributed by atoms with van der Waals surface area (Å²) in [5, 5.41) is 12.6. The van der Waals surface area contributed by atoms with E-state index in [4.69, 9.17) is 4.74 Å². The van der Waals surface area contributed by atoms with Crippen LogP contribution in [0.3, 0.4) is 0 Å². The number of urea groups is 1. The second-order valence-electron chi connectivity index (χ2n) is 7.05. The van der Waals surface area contributed by atoms with Crippen molar-refractivity contribution in [3.8, 4) is 11.5 Å². The molecule has 0 radical (unpaired) electrons. The zero-order valence-corrected chi connectivity index (χ0v) is 14.7. The van der Waals surface area contributed by atoms with E-state index in [0.29, 0.717) is 19.1 Å². The second-order valence-corrected chi connectivity index (χ2v) is 7.05. The molecular formula is C21H24N2O3. The molecule has 0 bridgehead atoms. The molecule has 5 nitrogen and oxygen atoms in total. The molecule has 0 aliphatic carbocycles. The Hall–Kier alpha value is -2.69. The fourth-order valence-electron chi connectivity index (χ4n) is 3.88. The van der Waals surface area contributed by atoms with Crippen molar-refractivity contribution in [3.63, 3.8) is 0 Å². The number of fused-ring (bicyclic) bond motifs is 1. The topological polar surface area (TPSA) is 61.8 Å². The summed E-state index contributed by atoms with van der Waals surface area (Å²) < 4.78 is 5.78. The highest BCUT2D eigenvalue weighted by Gasteiger charge is 2.29. The molecule has 2 aliphatic rings. The molecule has 4 rings (SSSR count). The number of aromatic hydroxyl groups is 1. The molecule has 0 saturated carbocycles. The average molecular weight is 352 g/mol. The van der Waals surface area contributed by atoms with Gasteiger partial charge < -0.3 is 20.1 Å². The lowest BCUT2D eigenvalue weighted by atomic mass is 9.98. The van der Waals surface area contributed by atoms with Gasteiger partial charge in [0.2, 0.25) is 0 Å². The van der Waals surface area contributed by atoms with Gasteiger partial charge in [0.1, 0.15) is 11.5 Å². The molecule has 2 atom stereocenters. The zero-order valence-electron chi connectivity index (χ0n) is 14.7. The van der Waals surface area contributed by atoms with Crippen molar-refractivity contribution in [3.05, 3.63) is 59.7 Å². The molecule has 2 aromatic rings. The van der Waals surface area contributed by atoms with Gasteiger partial charge >= 0.3 is 6.03 Å². The van der Waals surface area contributed by atoms with Crippen LogP contribution < -0.4 is 10.1 Å². The summed E-state index contributed by atoms with van der Waals surface area (Å²) in [6.07, 6.45) is 2.76. The Bertz CT molecular complexity index is 775. The minimum absolute atomic E-state index is 0.00563. The average Bonchev–Trinajstić information content (AvgIpc) is 3.07. The van der Waals surface area contributed by atoms with Gasteiger partial charge in [-0.2, -0.15) is 0 Å². The number of hydrogen-bond acceptors (Lipinski definition) is 3. The van der Waals surface area contributed by atoms with Crippen LogP contribution in [0.5, 0.6) is 11.5 Å². The summed E-state index contributed by atoms with van der Waals surface area (Å²) >= 11 is 0. The van der Waals surface area contributed by atoms with E-state index < -0.39 is 0 Å². The number of carbonyl (C=O) groups is 1. The Morgan fingerprint density at radius 3 is 2.77 bits per heavy atom. The molecule has 26 heavy (non-hydrogen) atoms. The highest BCUT2D eigenvalue weighted by Crippen LogP contribution is 2.32. The quantitative estimate of drug-likeness (QED) is 0.864. The van der Waals surface area contributed by atoms with E-state index in [1.807, 2.05) is 41.3 Å². The van der Waals surface area contributed by atoms with Crippen molar-refractivity contribution >= 4 is 6.03 Å². The summed E-state index contributed by atoms with van der Waals surface area (Å²) in [5.41, 5.74) is 2.24. The van der Waals surface area contributed by atoms with E-state index in [0.717, 1.165) is 37.1 Å². The van der Waals surface area contributed by atoms with Gasteiger partial charge in [0.15, 0.2) is 0 Å². The van der Waals surface area contributed by atoms with Gasteiger partial charge in [-0.15, -0.1) is 0 Å². The monoisotopic (exact) mass is 352 g/mol. The van der Waals surface area contributed by atoms with Crippen LogP contribution in [0.1, 0.15) is 42.3 Å². The first-order chi connectivity index (χ1) is 12.7. The molecule has 2 N–H and O–H groups in total. The third kappa shape index (κ3) is 3.47. The van der Waals surface area contributed by atoms with Gasteiger partial charge in [-0.1, -0.05) is 30.3 Å². The predicted octanol–water partition coefficient (Wildman–Crippen LogP) is 3.81. The number of benzene rings is 2. The number of phenolic OH excluding ortho intramolecular Hbond substituents is 1. The first kappa shape index (κ1) is 16.8. The third-order valence-corrected chi connectivity index (χ3v) is 5.33. The van der Waals surface area contributed by atoms with E-state index in [1.54, 1.807) is 12.1 Å². The number of likely N-dealkylation sites (tertiary alicyclic amines) is 1. The molecule has 5 heteroatoms. The normalized spacial score (nSPS) is 22.2. The van der Waals surface area contributed by atoms with Crippen LogP contribution in [-0.4, -0.2) is 35.7 Å². The largest absolute Gasteiger partial charge is 0.508 e. The lowest BCUT2D eigenvalue weighted by molar-refractivity contribution is 0.203. The van der Waals surface area contributed by atoms with E-state index >= 15 is 0 Å². The molecule has 136 valence electrons. The van der Waals surface area contributed by atoms with Gasteiger partial charge in [0.05, 0.1) is 12.6 Å². The third-order valence-electron chi connectivity index (χ3n) is 5.33. The van der Waals surface area contributed by atoms with Crippen LogP contribution in [0.25, 0.3) is 0 Å². The van der Waals surface area contributed by atoms with Crippen molar-refractivity contribution in [1.29, 1.82) is 0 Å². The number of para-hydroxylation sites is 1. The van der Waals surface area contributed by atoms with E-state index in [1.165, 1.54) is 5.56 Å². The van der Waals surface area contributed by atoms with E-state index in [-0.39, 0.29) is 17.8 Å². The van der Waals surface area contributed by atoms with Crippen molar-refractivity contribution in [1.82, 2.24) is 10.2 Å². The Balaban J connectivity index is 1.42. The van der Waals surface area contributed by atoms with Crippen LogP contribution in [-0.2, 0) is 0 Å². The van der Waals surface area contributed by atoms with Gasteiger partial charge in [0.25, 0.3) is 0 Å². The van der Waals surface area contributed by atoms with Crippen LogP contribution in [0.4, 0.5) is 4.79 Å². The number of amides is 2. The van der Waals surface area contributed by atoms with E-state index in [2.05, 4.69) is 5.32 Å². The van der Waals surface area contributed by atoms with Crippen LogP contribution in [0.15, 0.2) is 48.5 Å². The first-order valence-corrected chi connectivity index (χ1v) is 9.27. The highest BCUT2D eigenvalue weighted by molar-refractivity contribution is 5.75. The van der Waals surface area contributed by atoms with Crippen molar-refractivity contribution in [2.45, 2.75) is 31.2 Å². The number of carbonyl (C=O) groups excluding carboxylic acids is 1. The maximum Gasteiger partial charge on any atom is 0.317 e. The van der Waals surface area contributed by atoms with Crippen LogP contribution in [0.2, 0.25) is 0 Å². The standard InChI is InChI=1S/C21H24N2O3/c24-17-9-7-15(8-10-17)16-11-12-23(14-16)21(25)22-19-5-3-13-26-20-6-2-1-4-18(19)20/h1-2,4,6-10,16,19,24H,3,5,11-14H2,(H,22,25). The Kier molecular flexibility index (Phi) is 4.69. The van der Waals surface area contributed by atoms with Crippen LogP contribution >= 0.6 is 0 Å². The summed E-state index contributed by atoms with van der Waals surface area (Å²) in [5.74, 6) is 1.47. The fourth-order valence-corrected chi connectivity index (χ4v) is 3.88. The Morgan fingerprint density at radius 1 is 1.12 bits per heavy atom. The maximum absolute atomic E-state index is 12.8. The van der Waals surface area contributed by atoms with Crippen molar-refractivity contribution < 1.29 is 14.6 Å². The maximum atomic E-state index is 12.8. The number of phenols is 1. The first-order valence-electron chi connectivity index (χ1n) is 9.27. The lowest BCUT2D eigenvalue weighted by Crippen LogP contribution is -2.40. The van der Waals surface area contributed by atoms with Gasteiger partial charge in [-0.25, -0.2) is 4.79 Å². The number of nitrogens with zero attached hydrogens (tertiary/aromatic N) is 1. The number of rotatable bonds is 2. The molecule has 2 unspecified atom stereocenters. The molecular weight excluding hydrogens is 328 g/mol. The molecule has 1 fully saturated rings. The van der Waals surface area contributed by atoms with Gasteiger partial charge in [-0.05, 0) is 43.0 Å². The van der Waals surface area contributed by atoms with Gasteiger partial charge in [-0.3, -0.25) is 0 Å². The Morgan fingerprint density at radius 2 is 1.92 bits per heavy atom. The minimum Gasteiger partial charge on any atom is -0.508 e. The van der Waals surface area contributed by atoms with Crippen LogP contribution in [0, 0.1) is 0 Å². The van der Waals surface area contributed by atoms with Crippen molar-refractivity contribution in [2.75, 3.05) is 19.7 Å². The molecule has 2 aliphatic heterocycles. The fraction of sp³-hybridized carbons (Fsp3) is 0.381. The predicted molar refractivity (Wildman–Crippen MR) is 99.5 cm³/mol. The molecule has 2 amide bonds. The number of hydrogen-bond donors (Lipinski definition) is 2. The summed E-state index contributed by atoms with van der Waals surface area (Å²) in [6.45, 7) is 2.15.